The fourth-order valence-electron chi connectivity index (χ4n) is 1.38. The largest absolute Gasteiger partial charge is 0.388 e. The maximum Gasteiger partial charge on any atom is 0.0884 e. The van der Waals surface area contributed by atoms with E-state index in [0.717, 1.165) is 17.1 Å². The first-order chi connectivity index (χ1) is 5.77. The van der Waals surface area contributed by atoms with Crippen molar-refractivity contribution in [1.82, 2.24) is 0 Å². The van der Waals surface area contributed by atoms with Crippen LogP contribution in [0.3, 0.4) is 0 Å². The number of aliphatic hydroxyl groups is 1. The Morgan fingerprint density at radius 1 is 1.50 bits per heavy atom. The van der Waals surface area contributed by atoms with Gasteiger partial charge in [-0.15, -0.1) is 0 Å². The van der Waals surface area contributed by atoms with Crippen molar-refractivity contribution in [3.8, 4) is 0 Å². The van der Waals surface area contributed by atoms with Crippen LogP contribution in [-0.2, 0) is 5.75 Å². The van der Waals surface area contributed by atoms with Crippen LogP contribution in [0.5, 0.6) is 0 Å². The molecule has 3 heteroatoms. The van der Waals surface area contributed by atoms with Crippen molar-refractivity contribution < 1.29 is 5.11 Å². The Kier molecular flexibility index (Phi) is 2.31. The minimum absolute atomic E-state index is 0.336. The van der Waals surface area contributed by atoms with Crippen molar-refractivity contribution in [3.63, 3.8) is 0 Å². The zero-order valence-corrected chi connectivity index (χ0v) is 8.03. The fraction of sp³-hybridized carbons (Fsp3) is 0.333. The van der Waals surface area contributed by atoms with Crippen molar-refractivity contribution in [1.29, 1.82) is 0 Å². The fourth-order valence-corrected chi connectivity index (χ4v) is 2.56. The number of fused-ring (bicyclic) bond motifs is 1. The molecular weight excluding hydrogens is 192 g/mol. The third kappa shape index (κ3) is 1.47. The van der Waals surface area contributed by atoms with Gasteiger partial charge >= 0.3 is 0 Å². The number of rotatable bonds is 0. The van der Waals surface area contributed by atoms with Crippen molar-refractivity contribution >= 4 is 23.4 Å². The van der Waals surface area contributed by atoms with Gasteiger partial charge in [0.05, 0.1) is 6.10 Å². The second-order valence-corrected chi connectivity index (χ2v) is 4.34. The van der Waals surface area contributed by atoms with E-state index in [0.29, 0.717) is 5.02 Å². The molecule has 0 aliphatic carbocycles. The Balaban J connectivity index is 2.47. The third-order valence-electron chi connectivity index (χ3n) is 2.00. The summed E-state index contributed by atoms with van der Waals surface area (Å²) in [6.45, 7) is 0. The molecule has 1 atom stereocenters. The van der Waals surface area contributed by atoms with Gasteiger partial charge in [-0.3, -0.25) is 0 Å². The van der Waals surface area contributed by atoms with Gasteiger partial charge in [0.25, 0.3) is 0 Å². The Morgan fingerprint density at radius 2 is 2.33 bits per heavy atom. The number of hydrogen-bond acceptors (Lipinski definition) is 2. The summed E-state index contributed by atoms with van der Waals surface area (Å²) in [6.07, 6.45) is -0.336. The van der Waals surface area contributed by atoms with Gasteiger partial charge in [0.15, 0.2) is 0 Å². The first kappa shape index (κ1) is 8.42. The summed E-state index contributed by atoms with van der Waals surface area (Å²) in [5, 5.41) is 10.3. The lowest BCUT2D eigenvalue weighted by atomic mass is 10.0. The molecule has 1 aromatic carbocycles. The van der Waals surface area contributed by atoms with Crippen LogP contribution in [0.1, 0.15) is 17.2 Å². The van der Waals surface area contributed by atoms with Crippen molar-refractivity contribution in [3.05, 3.63) is 34.3 Å². The van der Waals surface area contributed by atoms with Crippen LogP contribution in [0.15, 0.2) is 18.2 Å². The molecule has 0 spiro atoms. The van der Waals surface area contributed by atoms with Crippen LogP contribution in [0.25, 0.3) is 0 Å². The molecule has 1 aromatic rings. The van der Waals surface area contributed by atoms with E-state index in [-0.39, 0.29) is 6.10 Å². The molecule has 12 heavy (non-hydrogen) atoms. The van der Waals surface area contributed by atoms with Gasteiger partial charge < -0.3 is 5.11 Å². The standard InChI is InChI=1S/C9H9ClOS/c10-7-2-1-6-4-12-5-9(11)8(6)3-7/h1-3,9,11H,4-5H2/t9-/m0/s1. The molecule has 64 valence electrons. The highest BCUT2D eigenvalue weighted by Crippen LogP contribution is 2.32. The normalized spacial score (nSPS) is 22.0. The lowest BCUT2D eigenvalue weighted by Crippen LogP contribution is -2.09. The van der Waals surface area contributed by atoms with E-state index in [1.807, 2.05) is 18.2 Å². The molecule has 1 nitrogen and oxygen atoms in total. The lowest BCUT2D eigenvalue weighted by Gasteiger charge is -2.20. The zero-order valence-electron chi connectivity index (χ0n) is 6.46. The molecule has 1 aliphatic heterocycles. The first-order valence-corrected chi connectivity index (χ1v) is 5.35. The van der Waals surface area contributed by atoms with E-state index in [1.165, 1.54) is 5.56 Å². The Labute approximate surface area is 80.7 Å². The average Bonchev–Trinajstić information content (AvgIpc) is 2.07. The van der Waals surface area contributed by atoms with Crippen LogP contribution < -0.4 is 0 Å². The van der Waals surface area contributed by atoms with E-state index >= 15 is 0 Å². The smallest absolute Gasteiger partial charge is 0.0884 e. The van der Waals surface area contributed by atoms with Gasteiger partial charge in [-0.2, -0.15) is 11.8 Å². The van der Waals surface area contributed by atoms with E-state index < -0.39 is 0 Å². The van der Waals surface area contributed by atoms with Crippen molar-refractivity contribution in [2.75, 3.05) is 5.75 Å². The van der Waals surface area contributed by atoms with Crippen LogP contribution in [0.2, 0.25) is 5.02 Å². The van der Waals surface area contributed by atoms with E-state index in [2.05, 4.69) is 0 Å². The summed E-state index contributed by atoms with van der Waals surface area (Å²) in [7, 11) is 0. The lowest BCUT2D eigenvalue weighted by molar-refractivity contribution is 0.202. The molecule has 0 unspecified atom stereocenters. The van der Waals surface area contributed by atoms with Gasteiger partial charge in [0.2, 0.25) is 0 Å². The number of thioether (sulfide) groups is 1. The maximum absolute atomic E-state index is 9.61. The predicted molar refractivity (Wildman–Crippen MR) is 52.6 cm³/mol. The number of halogens is 1. The molecule has 1 heterocycles. The summed E-state index contributed by atoms with van der Waals surface area (Å²) in [5.74, 6) is 1.77. The molecule has 0 bridgehead atoms. The molecule has 0 amide bonds. The minimum Gasteiger partial charge on any atom is -0.388 e. The summed E-state index contributed by atoms with van der Waals surface area (Å²) in [4.78, 5) is 0. The summed E-state index contributed by atoms with van der Waals surface area (Å²) >= 11 is 7.58. The van der Waals surface area contributed by atoms with E-state index in [4.69, 9.17) is 11.6 Å². The SMILES string of the molecule is O[C@H]1CSCc2ccc(Cl)cc21. The Morgan fingerprint density at radius 3 is 3.17 bits per heavy atom. The molecular formula is C9H9ClOS. The highest BCUT2D eigenvalue weighted by Gasteiger charge is 2.17. The number of aliphatic hydroxyl groups excluding tert-OH is 1. The van der Waals surface area contributed by atoms with Crippen molar-refractivity contribution in [2.24, 2.45) is 0 Å². The van der Waals surface area contributed by atoms with E-state index in [1.54, 1.807) is 11.8 Å². The average molecular weight is 201 g/mol. The first-order valence-electron chi connectivity index (χ1n) is 3.81. The Bertz CT molecular complexity index is 301. The number of benzene rings is 1. The second-order valence-electron chi connectivity index (χ2n) is 2.87. The van der Waals surface area contributed by atoms with Crippen LogP contribution >= 0.6 is 23.4 Å². The summed E-state index contributed by atoms with van der Waals surface area (Å²) in [5.41, 5.74) is 2.21. The number of hydrogen-bond donors (Lipinski definition) is 1. The van der Waals surface area contributed by atoms with E-state index in [9.17, 15) is 5.11 Å². The van der Waals surface area contributed by atoms with Gasteiger partial charge in [0.1, 0.15) is 0 Å². The molecule has 0 fully saturated rings. The van der Waals surface area contributed by atoms with Gasteiger partial charge in [-0.25, -0.2) is 0 Å². The third-order valence-corrected chi connectivity index (χ3v) is 3.30. The highest BCUT2D eigenvalue weighted by molar-refractivity contribution is 7.98. The molecule has 0 radical (unpaired) electrons. The summed E-state index contributed by atoms with van der Waals surface area (Å²) < 4.78 is 0. The quantitative estimate of drug-likeness (QED) is 0.695. The molecule has 1 aliphatic rings. The van der Waals surface area contributed by atoms with Crippen LogP contribution in [-0.4, -0.2) is 10.9 Å². The predicted octanol–water partition coefficient (Wildman–Crippen LogP) is 2.62. The molecule has 0 saturated heterocycles. The van der Waals surface area contributed by atoms with Crippen molar-refractivity contribution in [2.45, 2.75) is 11.9 Å². The zero-order chi connectivity index (χ0) is 8.55. The van der Waals surface area contributed by atoms with Crippen LogP contribution in [0.4, 0.5) is 0 Å². The molecule has 1 N–H and O–H groups in total. The highest BCUT2D eigenvalue weighted by atomic mass is 35.5. The van der Waals surface area contributed by atoms with Gasteiger partial charge in [-0.05, 0) is 23.3 Å². The molecule has 0 saturated carbocycles. The van der Waals surface area contributed by atoms with Gasteiger partial charge in [-0.1, -0.05) is 17.7 Å². The second kappa shape index (κ2) is 3.29. The van der Waals surface area contributed by atoms with Crippen LogP contribution in [0, 0.1) is 0 Å². The monoisotopic (exact) mass is 200 g/mol. The maximum atomic E-state index is 9.61. The molecule has 2 rings (SSSR count). The summed E-state index contributed by atoms with van der Waals surface area (Å²) in [6, 6.07) is 5.73. The minimum atomic E-state index is -0.336. The van der Waals surface area contributed by atoms with Gasteiger partial charge in [0, 0.05) is 16.5 Å². The Hall–Kier alpha value is -0.180. The molecule has 0 aromatic heterocycles. The topological polar surface area (TPSA) is 20.2 Å².